The van der Waals surface area contributed by atoms with Gasteiger partial charge in [0.2, 0.25) is 0 Å². The van der Waals surface area contributed by atoms with Crippen LogP contribution in [0.5, 0.6) is 0 Å². The van der Waals surface area contributed by atoms with Gasteiger partial charge >= 0.3 is 0 Å². The van der Waals surface area contributed by atoms with Crippen molar-refractivity contribution in [2.24, 2.45) is 0 Å². The van der Waals surface area contributed by atoms with Gasteiger partial charge in [-0.2, -0.15) is 0 Å². The maximum absolute atomic E-state index is 14.7. The van der Waals surface area contributed by atoms with Crippen LogP contribution in [0.2, 0.25) is 0 Å². The minimum absolute atomic E-state index is 0. The lowest BCUT2D eigenvalue weighted by molar-refractivity contribution is 0.186. The van der Waals surface area contributed by atoms with E-state index in [1.165, 1.54) is 18.3 Å². The molecule has 0 amide bonds. The SMILES string of the molecule is Cl.Cl.O=c1ccc2ccc(F)c3c2n1C[C@H]3CN1CCC(NC/C=C/c2cncc(F)c2)CC1. The largest absolute Gasteiger partial charge is 0.310 e. The molecule has 1 saturated heterocycles. The molecule has 2 aliphatic rings. The van der Waals surface area contributed by atoms with E-state index < -0.39 is 0 Å². The van der Waals surface area contributed by atoms with E-state index >= 15 is 0 Å². The van der Waals surface area contributed by atoms with E-state index in [0.717, 1.165) is 55.5 Å². The van der Waals surface area contributed by atoms with Crippen LogP contribution in [0.4, 0.5) is 8.78 Å². The lowest BCUT2D eigenvalue weighted by atomic mass is 9.97. The Morgan fingerprint density at radius 2 is 1.85 bits per heavy atom. The third-order valence-electron chi connectivity index (χ3n) is 6.57. The number of nitrogens with zero attached hydrogens (tertiary/aromatic N) is 3. The number of rotatable bonds is 6. The number of piperidine rings is 1. The van der Waals surface area contributed by atoms with Crippen molar-refractivity contribution in [2.45, 2.75) is 31.3 Å². The Bertz CT molecular complexity index is 1230. The maximum atomic E-state index is 14.7. The molecule has 0 bridgehead atoms. The van der Waals surface area contributed by atoms with Crippen LogP contribution in [0, 0.1) is 11.6 Å². The quantitative estimate of drug-likeness (QED) is 0.536. The lowest BCUT2D eigenvalue weighted by Crippen LogP contribution is -2.44. The highest BCUT2D eigenvalue weighted by atomic mass is 35.5. The lowest BCUT2D eigenvalue weighted by Gasteiger charge is -2.34. The van der Waals surface area contributed by atoms with E-state index in [2.05, 4.69) is 15.2 Å². The summed E-state index contributed by atoms with van der Waals surface area (Å²) >= 11 is 0. The average molecular weight is 509 g/mol. The summed E-state index contributed by atoms with van der Waals surface area (Å²) in [4.78, 5) is 18.5. The Balaban J connectivity index is 0.00000162. The molecule has 0 spiro atoms. The predicted octanol–water partition coefficient (Wildman–Crippen LogP) is 4.38. The summed E-state index contributed by atoms with van der Waals surface area (Å²) in [6.07, 6.45) is 8.72. The van der Waals surface area contributed by atoms with Crippen molar-refractivity contribution < 1.29 is 8.78 Å². The summed E-state index contributed by atoms with van der Waals surface area (Å²) in [5.74, 6) is -0.545. The molecule has 4 heterocycles. The predicted molar refractivity (Wildman–Crippen MR) is 136 cm³/mol. The first kappa shape index (κ1) is 26.3. The van der Waals surface area contributed by atoms with Crippen LogP contribution < -0.4 is 10.9 Å². The number of likely N-dealkylation sites (tertiary alicyclic amines) is 1. The van der Waals surface area contributed by atoms with Crippen LogP contribution in [0.25, 0.3) is 17.0 Å². The van der Waals surface area contributed by atoms with Crippen LogP contribution in [-0.2, 0) is 6.54 Å². The summed E-state index contributed by atoms with van der Waals surface area (Å²) < 4.78 is 29.6. The summed E-state index contributed by atoms with van der Waals surface area (Å²) in [7, 11) is 0. The van der Waals surface area contributed by atoms with Crippen LogP contribution in [0.15, 0.2) is 53.6 Å². The molecular weight excluding hydrogens is 481 g/mol. The highest BCUT2D eigenvalue weighted by Gasteiger charge is 2.31. The van der Waals surface area contributed by atoms with Crippen LogP contribution >= 0.6 is 24.8 Å². The molecule has 5 rings (SSSR count). The van der Waals surface area contributed by atoms with Gasteiger partial charge in [-0.15, -0.1) is 24.8 Å². The second kappa shape index (κ2) is 11.4. The number of hydrogen-bond acceptors (Lipinski definition) is 4. The third-order valence-corrected chi connectivity index (χ3v) is 6.57. The molecule has 0 saturated carbocycles. The summed E-state index contributed by atoms with van der Waals surface area (Å²) in [6.45, 7) is 3.90. The van der Waals surface area contributed by atoms with Gasteiger partial charge in [-0.05, 0) is 61.1 Å². The molecule has 1 atom stereocenters. The summed E-state index contributed by atoms with van der Waals surface area (Å²) in [5, 5.41) is 4.46. The number of benzene rings is 1. The fourth-order valence-corrected chi connectivity index (χ4v) is 5.01. The molecule has 9 heteroatoms. The Labute approximate surface area is 209 Å². The van der Waals surface area contributed by atoms with E-state index in [1.54, 1.807) is 29.0 Å². The maximum Gasteiger partial charge on any atom is 0.251 e. The fraction of sp³-hybridized carbons (Fsp3) is 0.360. The molecule has 2 aromatic heterocycles. The van der Waals surface area contributed by atoms with Crippen molar-refractivity contribution in [3.05, 3.63) is 81.9 Å². The smallest absolute Gasteiger partial charge is 0.251 e. The Hall–Kier alpha value is -2.32. The molecule has 34 heavy (non-hydrogen) atoms. The summed E-state index contributed by atoms with van der Waals surface area (Å²) in [5.41, 5.74) is 2.15. The van der Waals surface area contributed by atoms with Gasteiger partial charge in [0.25, 0.3) is 5.56 Å². The van der Waals surface area contributed by atoms with Crippen molar-refractivity contribution in [3.63, 3.8) is 0 Å². The number of hydrogen-bond donors (Lipinski definition) is 1. The van der Waals surface area contributed by atoms with Crippen LogP contribution in [0.1, 0.15) is 29.9 Å². The molecule has 1 aromatic carbocycles. The first-order chi connectivity index (χ1) is 15.6. The zero-order valence-corrected chi connectivity index (χ0v) is 20.3. The molecule has 0 unspecified atom stereocenters. The average Bonchev–Trinajstić information content (AvgIpc) is 3.18. The number of aromatic nitrogens is 2. The number of pyridine rings is 2. The van der Waals surface area contributed by atoms with Crippen molar-refractivity contribution in [1.82, 2.24) is 19.8 Å². The minimum Gasteiger partial charge on any atom is -0.310 e. The second-order valence-corrected chi connectivity index (χ2v) is 8.70. The fourth-order valence-electron chi connectivity index (χ4n) is 5.01. The monoisotopic (exact) mass is 508 g/mol. The van der Waals surface area contributed by atoms with Crippen LogP contribution in [-0.4, -0.2) is 46.7 Å². The molecule has 2 aliphatic heterocycles. The van der Waals surface area contributed by atoms with Gasteiger partial charge in [0.15, 0.2) is 0 Å². The molecule has 0 aliphatic carbocycles. The molecule has 3 aromatic rings. The molecule has 1 N–H and O–H groups in total. The highest BCUT2D eigenvalue weighted by Crippen LogP contribution is 2.35. The zero-order valence-electron chi connectivity index (χ0n) is 18.6. The Kier molecular flexibility index (Phi) is 8.82. The van der Waals surface area contributed by atoms with Gasteiger partial charge in [0.05, 0.1) is 11.7 Å². The molecular formula is C25H28Cl2F2N4O. The Morgan fingerprint density at radius 3 is 2.62 bits per heavy atom. The van der Waals surface area contributed by atoms with E-state index in [0.29, 0.717) is 18.2 Å². The van der Waals surface area contributed by atoms with Gasteiger partial charge in [-0.1, -0.05) is 12.2 Å². The number of halogens is 4. The van der Waals surface area contributed by atoms with Crippen molar-refractivity contribution in [2.75, 3.05) is 26.2 Å². The van der Waals surface area contributed by atoms with Gasteiger partial charge in [0.1, 0.15) is 11.6 Å². The zero-order chi connectivity index (χ0) is 22.1. The van der Waals surface area contributed by atoms with Crippen LogP contribution in [0.3, 0.4) is 0 Å². The number of nitrogens with one attached hydrogen (secondary N) is 1. The summed E-state index contributed by atoms with van der Waals surface area (Å²) in [6, 6.07) is 8.52. The van der Waals surface area contributed by atoms with Crippen molar-refractivity contribution >= 4 is 41.8 Å². The van der Waals surface area contributed by atoms with Gasteiger partial charge in [-0.3, -0.25) is 9.78 Å². The first-order valence-electron chi connectivity index (χ1n) is 11.1. The second-order valence-electron chi connectivity index (χ2n) is 8.70. The van der Waals surface area contributed by atoms with Crippen molar-refractivity contribution in [1.29, 1.82) is 0 Å². The minimum atomic E-state index is -0.334. The van der Waals surface area contributed by atoms with E-state index in [4.69, 9.17) is 0 Å². The van der Waals surface area contributed by atoms with Crippen molar-refractivity contribution in [3.8, 4) is 0 Å². The Morgan fingerprint density at radius 1 is 1.09 bits per heavy atom. The molecule has 182 valence electrons. The van der Waals surface area contributed by atoms with Gasteiger partial charge in [0, 0.05) is 49.4 Å². The highest BCUT2D eigenvalue weighted by molar-refractivity contribution is 5.86. The van der Waals surface area contributed by atoms with Gasteiger partial charge < -0.3 is 14.8 Å². The van der Waals surface area contributed by atoms with E-state index in [1.807, 2.05) is 12.2 Å². The van der Waals surface area contributed by atoms with E-state index in [-0.39, 0.29) is 47.9 Å². The standard InChI is InChI=1S/C25H26F2N4O.2ClH/c26-20-12-17(13-28-14-20)2-1-9-29-21-7-10-30(11-8-21)15-19-16-31-23(32)6-4-18-3-5-22(27)24(19)25(18)31;;/h1-6,12-14,19,21,29H,7-11,15-16H2;2*1H/b2-1+;;/t19-;;/m1../s1. The third kappa shape index (κ3) is 5.49. The van der Waals surface area contributed by atoms with Gasteiger partial charge in [-0.25, -0.2) is 8.78 Å². The normalized spacial score (nSPS) is 18.2. The molecule has 1 fully saturated rings. The molecule has 5 nitrogen and oxygen atoms in total. The first-order valence-corrected chi connectivity index (χ1v) is 11.1. The topological polar surface area (TPSA) is 50.2 Å². The van der Waals surface area contributed by atoms with E-state index in [9.17, 15) is 13.6 Å². The molecule has 0 radical (unpaired) electrons.